The van der Waals surface area contributed by atoms with E-state index in [1.807, 2.05) is 25.2 Å². The van der Waals surface area contributed by atoms with Gasteiger partial charge in [0.05, 0.1) is 12.1 Å². The Kier molecular flexibility index (Phi) is 5.17. The highest BCUT2D eigenvalue weighted by Crippen LogP contribution is 2.15. The second kappa shape index (κ2) is 7.09. The average Bonchev–Trinajstić information content (AvgIpc) is 3.01. The average molecular weight is 286 g/mol. The van der Waals surface area contributed by atoms with Crippen molar-refractivity contribution in [1.29, 1.82) is 0 Å². The topological polar surface area (TPSA) is 59.5 Å². The summed E-state index contributed by atoms with van der Waals surface area (Å²) in [6.45, 7) is 2.40. The highest BCUT2D eigenvalue weighted by molar-refractivity contribution is 5.94. The molecule has 2 N–H and O–H groups in total. The van der Waals surface area contributed by atoms with E-state index in [4.69, 9.17) is 10.2 Å². The van der Waals surface area contributed by atoms with E-state index in [1.54, 1.807) is 11.0 Å². The van der Waals surface area contributed by atoms with Gasteiger partial charge in [0.15, 0.2) is 0 Å². The summed E-state index contributed by atoms with van der Waals surface area (Å²) in [4.78, 5) is 14.3. The molecule has 2 aromatic rings. The number of likely N-dealkylation sites (N-methyl/N-ethyl adjacent to an activating group) is 1. The Labute approximate surface area is 125 Å². The summed E-state index contributed by atoms with van der Waals surface area (Å²) >= 11 is 0. The first-order valence-corrected chi connectivity index (χ1v) is 7.24. The maximum atomic E-state index is 12.5. The second-order valence-electron chi connectivity index (χ2n) is 5.17. The number of carbonyl (C=O) groups excluding carboxylic acids is 1. The molecule has 0 bridgehead atoms. The van der Waals surface area contributed by atoms with Crippen molar-refractivity contribution in [3.05, 3.63) is 59.5 Å². The molecule has 0 aliphatic rings. The van der Waals surface area contributed by atoms with Crippen molar-refractivity contribution >= 4 is 5.91 Å². The zero-order chi connectivity index (χ0) is 15.2. The molecule has 0 fully saturated rings. The summed E-state index contributed by atoms with van der Waals surface area (Å²) < 4.78 is 5.24. The highest BCUT2D eigenvalue weighted by atomic mass is 16.3. The molecule has 2 rings (SSSR count). The van der Waals surface area contributed by atoms with Crippen molar-refractivity contribution in [3.63, 3.8) is 0 Å². The van der Waals surface area contributed by atoms with Crippen molar-refractivity contribution in [2.24, 2.45) is 5.73 Å². The number of furan rings is 1. The van der Waals surface area contributed by atoms with Crippen LogP contribution in [0.25, 0.3) is 0 Å². The Morgan fingerprint density at radius 3 is 2.62 bits per heavy atom. The number of hydrogen-bond acceptors (Lipinski definition) is 3. The molecule has 0 saturated heterocycles. The van der Waals surface area contributed by atoms with E-state index in [2.05, 4.69) is 19.1 Å². The van der Waals surface area contributed by atoms with Crippen LogP contribution in [-0.2, 0) is 13.0 Å². The van der Waals surface area contributed by atoms with Gasteiger partial charge in [0.25, 0.3) is 5.91 Å². The number of benzene rings is 1. The van der Waals surface area contributed by atoms with Crippen LogP contribution in [0, 0.1) is 0 Å². The van der Waals surface area contributed by atoms with Crippen molar-refractivity contribution in [2.45, 2.75) is 32.4 Å². The molecule has 1 amide bonds. The molecule has 1 atom stereocenters. The first-order chi connectivity index (χ1) is 10.2. The van der Waals surface area contributed by atoms with Crippen LogP contribution in [0.4, 0.5) is 0 Å². The number of amides is 1. The summed E-state index contributed by atoms with van der Waals surface area (Å²) in [5.41, 5.74) is 7.30. The van der Waals surface area contributed by atoms with Gasteiger partial charge in [0, 0.05) is 13.1 Å². The molecule has 4 nitrogen and oxygen atoms in total. The molecule has 1 unspecified atom stereocenters. The second-order valence-corrected chi connectivity index (χ2v) is 5.17. The minimum atomic E-state index is -0.0266. The fourth-order valence-corrected chi connectivity index (χ4v) is 2.41. The third-order valence-electron chi connectivity index (χ3n) is 3.76. The number of nitrogens with two attached hydrogens (primary N) is 1. The molecule has 1 heterocycles. The van der Waals surface area contributed by atoms with Gasteiger partial charge in [0.1, 0.15) is 12.0 Å². The van der Waals surface area contributed by atoms with E-state index < -0.39 is 0 Å². The van der Waals surface area contributed by atoms with E-state index in [-0.39, 0.29) is 11.9 Å². The highest BCUT2D eigenvalue weighted by Gasteiger charge is 2.21. The first kappa shape index (κ1) is 15.3. The number of carbonyl (C=O) groups is 1. The first-order valence-electron chi connectivity index (χ1n) is 7.24. The molecule has 0 spiro atoms. The zero-order valence-electron chi connectivity index (χ0n) is 12.6. The van der Waals surface area contributed by atoms with Crippen molar-refractivity contribution in [3.8, 4) is 0 Å². The van der Waals surface area contributed by atoms with Gasteiger partial charge in [-0.05, 0) is 24.5 Å². The Hall–Kier alpha value is -2.07. The van der Waals surface area contributed by atoms with Crippen LogP contribution in [0.2, 0.25) is 0 Å². The molecule has 4 heteroatoms. The van der Waals surface area contributed by atoms with E-state index >= 15 is 0 Å². The Bertz CT molecular complexity index is 577. The summed E-state index contributed by atoms with van der Waals surface area (Å²) in [5.74, 6) is 0.601. The quantitative estimate of drug-likeness (QED) is 0.888. The van der Waals surface area contributed by atoms with E-state index in [9.17, 15) is 4.79 Å². The van der Waals surface area contributed by atoms with Crippen LogP contribution in [0.15, 0.2) is 47.1 Å². The summed E-state index contributed by atoms with van der Waals surface area (Å²) in [6, 6.07) is 12.1. The smallest absolute Gasteiger partial charge is 0.257 e. The van der Waals surface area contributed by atoms with Crippen LogP contribution >= 0.6 is 0 Å². The molecule has 21 heavy (non-hydrogen) atoms. The molecule has 0 saturated carbocycles. The summed E-state index contributed by atoms with van der Waals surface area (Å²) in [6.07, 6.45) is 3.23. The fraction of sp³-hybridized carbons (Fsp3) is 0.353. The van der Waals surface area contributed by atoms with Crippen LogP contribution in [0.1, 0.15) is 35.0 Å². The largest absolute Gasteiger partial charge is 0.467 e. The monoisotopic (exact) mass is 286 g/mol. The van der Waals surface area contributed by atoms with Crippen LogP contribution < -0.4 is 5.73 Å². The van der Waals surface area contributed by atoms with Crippen LogP contribution in [0.3, 0.4) is 0 Å². The molecule has 0 aliphatic carbocycles. The maximum Gasteiger partial charge on any atom is 0.257 e. The van der Waals surface area contributed by atoms with Gasteiger partial charge in [0.2, 0.25) is 0 Å². The normalized spacial score (nSPS) is 12.1. The lowest BCUT2D eigenvalue weighted by Gasteiger charge is -2.27. The van der Waals surface area contributed by atoms with Crippen LogP contribution in [-0.4, -0.2) is 23.9 Å². The SMILES string of the molecule is CCC(Cc1ccccc1)N(C)C(=O)c1coc(CN)c1. The van der Waals surface area contributed by atoms with Crippen molar-refractivity contribution in [1.82, 2.24) is 4.90 Å². The molecule has 0 aliphatic heterocycles. The Morgan fingerprint density at radius 2 is 2.05 bits per heavy atom. The standard InChI is InChI=1S/C17H22N2O2/c1-3-15(9-13-7-5-4-6-8-13)19(2)17(20)14-10-16(11-18)21-12-14/h4-8,10,12,15H,3,9,11,18H2,1-2H3. The van der Waals surface area contributed by atoms with E-state index in [0.29, 0.717) is 17.9 Å². The minimum absolute atomic E-state index is 0.0266. The van der Waals surface area contributed by atoms with Gasteiger partial charge >= 0.3 is 0 Å². The lowest BCUT2D eigenvalue weighted by Crippen LogP contribution is -2.38. The molecule has 1 aromatic heterocycles. The predicted octanol–water partition coefficient (Wildman–Crippen LogP) is 2.83. The molecular formula is C17H22N2O2. The predicted molar refractivity (Wildman–Crippen MR) is 82.9 cm³/mol. The fourth-order valence-electron chi connectivity index (χ4n) is 2.41. The lowest BCUT2D eigenvalue weighted by molar-refractivity contribution is 0.0726. The summed E-state index contributed by atoms with van der Waals surface area (Å²) in [5, 5.41) is 0. The number of rotatable bonds is 6. The van der Waals surface area contributed by atoms with Crippen molar-refractivity contribution < 1.29 is 9.21 Å². The molecule has 112 valence electrons. The maximum absolute atomic E-state index is 12.5. The molecule has 1 aromatic carbocycles. The molecule has 0 radical (unpaired) electrons. The van der Waals surface area contributed by atoms with Crippen LogP contribution in [0.5, 0.6) is 0 Å². The summed E-state index contributed by atoms with van der Waals surface area (Å²) in [7, 11) is 1.84. The number of hydrogen-bond donors (Lipinski definition) is 1. The van der Waals surface area contributed by atoms with Gasteiger partial charge < -0.3 is 15.1 Å². The van der Waals surface area contributed by atoms with E-state index in [0.717, 1.165) is 12.8 Å². The Morgan fingerprint density at radius 1 is 1.33 bits per heavy atom. The van der Waals surface area contributed by atoms with Gasteiger partial charge in [-0.25, -0.2) is 0 Å². The molecular weight excluding hydrogens is 264 g/mol. The zero-order valence-corrected chi connectivity index (χ0v) is 12.6. The van der Waals surface area contributed by atoms with E-state index in [1.165, 1.54) is 11.8 Å². The minimum Gasteiger partial charge on any atom is -0.467 e. The number of nitrogens with zero attached hydrogens (tertiary/aromatic N) is 1. The van der Waals surface area contributed by atoms with Crippen molar-refractivity contribution in [2.75, 3.05) is 7.05 Å². The van der Waals surface area contributed by atoms with Gasteiger partial charge in [-0.1, -0.05) is 37.3 Å². The van der Waals surface area contributed by atoms with Gasteiger partial charge in [-0.3, -0.25) is 4.79 Å². The van der Waals surface area contributed by atoms with Gasteiger partial charge in [-0.15, -0.1) is 0 Å². The lowest BCUT2D eigenvalue weighted by atomic mass is 10.0. The third-order valence-corrected chi connectivity index (χ3v) is 3.76. The Balaban J connectivity index is 2.08. The van der Waals surface area contributed by atoms with Gasteiger partial charge in [-0.2, -0.15) is 0 Å². The third kappa shape index (κ3) is 3.73.